The van der Waals surface area contributed by atoms with Crippen molar-refractivity contribution in [3.05, 3.63) is 39.7 Å². The van der Waals surface area contributed by atoms with Gasteiger partial charge in [0.1, 0.15) is 0 Å². The van der Waals surface area contributed by atoms with Crippen LogP contribution in [0, 0.1) is 5.92 Å². The second-order valence-electron chi connectivity index (χ2n) is 5.17. The SMILES string of the molecule is CC(C)C[C@H](N)c1nnc(SCc2ccc(Cl)cc2Cl)o1.[Cl-]. The summed E-state index contributed by atoms with van der Waals surface area (Å²) in [4.78, 5) is 0. The van der Waals surface area contributed by atoms with Gasteiger partial charge in [0.15, 0.2) is 0 Å². The molecular weight excluding hydrogens is 365 g/mol. The van der Waals surface area contributed by atoms with E-state index in [2.05, 4.69) is 24.0 Å². The minimum Gasteiger partial charge on any atom is -1.00 e. The first-order valence-corrected chi connectivity index (χ1v) is 8.35. The van der Waals surface area contributed by atoms with E-state index >= 15 is 0 Å². The Morgan fingerprint density at radius 2 is 2.00 bits per heavy atom. The lowest BCUT2D eigenvalue weighted by Crippen LogP contribution is -3.00. The van der Waals surface area contributed by atoms with Gasteiger partial charge in [0.2, 0.25) is 5.89 Å². The Balaban J connectivity index is 0.00000242. The number of hydrogen-bond donors (Lipinski definition) is 1. The van der Waals surface area contributed by atoms with Crippen LogP contribution in [0.1, 0.15) is 37.8 Å². The normalized spacial score (nSPS) is 12.3. The Hall–Kier alpha value is -0.460. The van der Waals surface area contributed by atoms with E-state index in [4.69, 9.17) is 33.4 Å². The maximum absolute atomic E-state index is 6.12. The molecule has 0 saturated carbocycles. The van der Waals surface area contributed by atoms with Crippen molar-refractivity contribution < 1.29 is 16.8 Å². The molecule has 0 radical (unpaired) electrons. The van der Waals surface area contributed by atoms with Gasteiger partial charge < -0.3 is 22.6 Å². The van der Waals surface area contributed by atoms with Crippen LogP contribution in [0.5, 0.6) is 0 Å². The van der Waals surface area contributed by atoms with Crippen LogP contribution >= 0.6 is 35.0 Å². The molecule has 0 unspecified atom stereocenters. The van der Waals surface area contributed by atoms with Gasteiger partial charge in [-0.15, -0.1) is 10.2 Å². The van der Waals surface area contributed by atoms with Crippen LogP contribution in [0.2, 0.25) is 10.0 Å². The number of rotatable bonds is 6. The third-order valence-electron chi connectivity index (χ3n) is 2.83. The van der Waals surface area contributed by atoms with Crippen molar-refractivity contribution in [1.29, 1.82) is 0 Å². The first-order valence-electron chi connectivity index (χ1n) is 6.61. The van der Waals surface area contributed by atoms with E-state index in [1.807, 2.05) is 6.07 Å². The first kappa shape index (κ1) is 19.6. The van der Waals surface area contributed by atoms with Gasteiger partial charge in [-0.1, -0.05) is 54.9 Å². The molecule has 122 valence electrons. The van der Waals surface area contributed by atoms with Crippen molar-refractivity contribution in [1.82, 2.24) is 10.2 Å². The minimum atomic E-state index is -0.217. The van der Waals surface area contributed by atoms with Gasteiger partial charge in [0, 0.05) is 15.8 Å². The Labute approximate surface area is 150 Å². The van der Waals surface area contributed by atoms with E-state index in [1.54, 1.807) is 12.1 Å². The van der Waals surface area contributed by atoms with Crippen LogP contribution in [-0.4, -0.2) is 10.2 Å². The molecule has 0 fully saturated rings. The summed E-state index contributed by atoms with van der Waals surface area (Å²) < 4.78 is 5.58. The molecule has 0 saturated heterocycles. The van der Waals surface area contributed by atoms with Gasteiger partial charge in [-0.2, -0.15) is 0 Å². The van der Waals surface area contributed by atoms with Crippen molar-refractivity contribution >= 4 is 35.0 Å². The molecular formula is C14H17Cl3N3OS-. The predicted octanol–water partition coefficient (Wildman–Crippen LogP) is 1.72. The number of nitrogens with zero attached hydrogens (tertiary/aromatic N) is 2. The topological polar surface area (TPSA) is 64.9 Å². The molecule has 0 bridgehead atoms. The highest BCUT2D eigenvalue weighted by Crippen LogP contribution is 2.29. The highest BCUT2D eigenvalue weighted by molar-refractivity contribution is 7.98. The summed E-state index contributed by atoms with van der Waals surface area (Å²) in [6.45, 7) is 4.21. The Bertz CT molecular complexity index is 607. The molecule has 1 aromatic heterocycles. The molecule has 1 heterocycles. The second kappa shape index (κ2) is 8.99. The van der Waals surface area contributed by atoms with E-state index in [0.29, 0.717) is 32.8 Å². The zero-order chi connectivity index (χ0) is 15.4. The largest absolute Gasteiger partial charge is 1.00 e. The van der Waals surface area contributed by atoms with E-state index in [0.717, 1.165) is 12.0 Å². The summed E-state index contributed by atoms with van der Waals surface area (Å²) in [6, 6.07) is 5.20. The fourth-order valence-corrected chi connectivity index (χ4v) is 3.14. The predicted molar refractivity (Wildman–Crippen MR) is 86.7 cm³/mol. The third-order valence-corrected chi connectivity index (χ3v) is 4.29. The van der Waals surface area contributed by atoms with Gasteiger partial charge in [0.25, 0.3) is 5.22 Å². The number of nitrogens with two attached hydrogens (primary N) is 1. The van der Waals surface area contributed by atoms with Crippen molar-refractivity contribution in [2.45, 2.75) is 37.3 Å². The van der Waals surface area contributed by atoms with Crippen molar-refractivity contribution in [3.63, 3.8) is 0 Å². The first-order chi connectivity index (χ1) is 9.95. The summed E-state index contributed by atoms with van der Waals surface area (Å²) >= 11 is 13.4. The zero-order valence-electron chi connectivity index (χ0n) is 12.2. The molecule has 1 atom stereocenters. The van der Waals surface area contributed by atoms with Crippen LogP contribution in [0.3, 0.4) is 0 Å². The minimum absolute atomic E-state index is 0. The second-order valence-corrected chi connectivity index (χ2v) is 6.94. The third kappa shape index (κ3) is 5.63. The zero-order valence-corrected chi connectivity index (χ0v) is 15.3. The van der Waals surface area contributed by atoms with Crippen molar-refractivity contribution in [3.8, 4) is 0 Å². The average Bonchev–Trinajstić information content (AvgIpc) is 2.86. The van der Waals surface area contributed by atoms with Crippen LogP contribution in [0.25, 0.3) is 0 Å². The number of aromatic nitrogens is 2. The molecule has 0 aliphatic rings. The molecule has 0 amide bonds. The lowest BCUT2D eigenvalue weighted by Gasteiger charge is -2.08. The van der Waals surface area contributed by atoms with Gasteiger partial charge >= 0.3 is 0 Å². The highest BCUT2D eigenvalue weighted by Gasteiger charge is 2.16. The van der Waals surface area contributed by atoms with E-state index in [1.165, 1.54) is 11.8 Å². The fourth-order valence-electron chi connectivity index (χ4n) is 1.82. The van der Waals surface area contributed by atoms with Gasteiger partial charge in [0.05, 0.1) is 6.04 Å². The Kier molecular flexibility index (Phi) is 8.00. The lowest BCUT2D eigenvalue weighted by atomic mass is 10.1. The van der Waals surface area contributed by atoms with Gasteiger partial charge in [-0.05, 0) is 30.0 Å². The molecule has 2 aromatic rings. The smallest absolute Gasteiger partial charge is 0.276 e. The van der Waals surface area contributed by atoms with Gasteiger partial charge in [-0.3, -0.25) is 0 Å². The summed E-state index contributed by atoms with van der Waals surface area (Å²) in [5.41, 5.74) is 6.99. The molecule has 0 aliphatic heterocycles. The van der Waals surface area contributed by atoms with E-state index in [-0.39, 0.29) is 18.4 Å². The summed E-state index contributed by atoms with van der Waals surface area (Å²) in [6.07, 6.45) is 0.815. The monoisotopic (exact) mass is 380 g/mol. The molecule has 1 aromatic carbocycles. The quantitative estimate of drug-likeness (QED) is 0.772. The molecule has 22 heavy (non-hydrogen) atoms. The summed E-state index contributed by atoms with van der Waals surface area (Å²) in [5.74, 6) is 1.60. The van der Waals surface area contributed by atoms with E-state index < -0.39 is 0 Å². The number of hydrogen-bond acceptors (Lipinski definition) is 5. The number of thioether (sulfide) groups is 1. The van der Waals surface area contributed by atoms with Crippen LogP contribution < -0.4 is 18.1 Å². The number of benzene rings is 1. The Morgan fingerprint density at radius 3 is 2.64 bits per heavy atom. The standard InChI is InChI=1S/C14H17Cl2N3OS.ClH/c1-8(2)5-12(17)13-18-19-14(20-13)21-7-9-3-4-10(15)6-11(9)16;/h3-4,6,8,12H,5,7,17H2,1-2H3;1H/p-1/t12-;/m0./s1. The Morgan fingerprint density at radius 1 is 1.27 bits per heavy atom. The summed E-state index contributed by atoms with van der Waals surface area (Å²) in [5, 5.41) is 9.75. The lowest BCUT2D eigenvalue weighted by molar-refractivity contribution is -0.00000503. The molecule has 8 heteroatoms. The molecule has 2 N–H and O–H groups in total. The van der Waals surface area contributed by atoms with Crippen LogP contribution in [-0.2, 0) is 5.75 Å². The van der Waals surface area contributed by atoms with Crippen LogP contribution in [0.15, 0.2) is 27.8 Å². The fraction of sp³-hybridized carbons (Fsp3) is 0.429. The number of halogens is 3. The van der Waals surface area contributed by atoms with Gasteiger partial charge in [-0.25, -0.2) is 0 Å². The van der Waals surface area contributed by atoms with Crippen molar-refractivity contribution in [2.75, 3.05) is 0 Å². The molecule has 0 spiro atoms. The van der Waals surface area contributed by atoms with Crippen LogP contribution in [0.4, 0.5) is 0 Å². The average molecular weight is 382 g/mol. The molecule has 4 nitrogen and oxygen atoms in total. The van der Waals surface area contributed by atoms with Crippen molar-refractivity contribution in [2.24, 2.45) is 11.7 Å². The molecule has 0 aliphatic carbocycles. The molecule has 2 rings (SSSR count). The summed E-state index contributed by atoms with van der Waals surface area (Å²) in [7, 11) is 0. The maximum Gasteiger partial charge on any atom is 0.276 e. The van der Waals surface area contributed by atoms with E-state index in [9.17, 15) is 0 Å². The highest BCUT2D eigenvalue weighted by atomic mass is 35.5. The maximum atomic E-state index is 6.12.